The summed E-state index contributed by atoms with van der Waals surface area (Å²) >= 11 is 0. The number of benzene rings is 1. The van der Waals surface area contributed by atoms with Gasteiger partial charge in [-0.15, -0.1) is 0 Å². The molecule has 112 valence electrons. The predicted molar refractivity (Wildman–Crippen MR) is 81.6 cm³/mol. The minimum Gasteiger partial charge on any atom is -0.379 e. The van der Waals surface area contributed by atoms with E-state index in [1.54, 1.807) is 0 Å². The fourth-order valence-corrected chi connectivity index (χ4v) is 1.93. The van der Waals surface area contributed by atoms with Gasteiger partial charge in [0.2, 0.25) is 0 Å². The molecule has 20 heavy (non-hydrogen) atoms. The topological polar surface area (TPSA) is 30.5 Å². The number of ether oxygens (including phenoxy) is 2. The molecule has 1 fully saturated rings. The first-order valence-corrected chi connectivity index (χ1v) is 7.70. The van der Waals surface area contributed by atoms with Crippen LogP contribution in [0.5, 0.6) is 0 Å². The van der Waals surface area contributed by atoms with Gasteiger partial charge < -0.3 is 14.8 Å². The molecule has 1 saturated carbocycles. The summed E-state index contributed by atoms with van der Waals surface area (Å²) in [4.78, 5) is 0. The van der Waals surface area contributed by atoms with Gasteiger partial charge in [-0.3, -0.25) is 0 Å². The second kappa shape index (κ2) is 8.40. The lowest BCUT2D eigenvalue weighted by atomic mass is 10.1. The maximum absolute atomic E-state index is 5.61. The molecule has 1 aliphatic rings. The van der Waals surface area contributed by atoms with Crippen LogP contribution in [0.3, 0.4) is 0 Å². The molecule has 1 aliphatic carbocycles. The van der Waals surface area contributed by atoms with E-state index in [2.05, 4.69) is 43.4 Å². The van der Waals surface area contributed by atoms with E-state index in [0.29, 0.717) is 25.7 Å². The van der Waals surface area contributed by atoms with Crippen molar-refractivity contribution in [3.8, 4) is 0 Å². The summed E-state index contributed by atoms with van der Waals surface area (Å²) in [7, 11) is 0. The predicted octanol–water partition coefficient (Wildman–Crippen LogP) is 3.13. The van der Waals surface area contributed by atoms with Crippen molar-refractivity contribution in [3.05, 3.63) is 35.4 Å². The molecular weight excluding hydrogens is 250 g/mol. The second-order valence-corrected chi connectivity index (χ2v) is 5.99. The first-order chi connectivity index (χ1) is 9.74. The molecule has 0 atom stereocenters. The molecule has 0 aliphatic heterocycles. The molecular formula is C17H27NO2. The van der Waals surface area contributed by atoms with Gasteiger partial charge in [-0.1, -0.05) is 38.1 Å². The second-order valence-electron chi connectivity index (χ2n) is 5.99. The van der Waals surface area contributed by atoms with Crippen LogP contribution in [0.25, 0.3) is 0 Å². The fourth-order valence-electron chi connectivity index (χ4n) is 1.93. The van der Waals surface area contributed by atoms with Crippen molar-refractivity contribution >= 4 is 0 Å². The highest BCUT2D eigenvalue weighted by molar-refractivity contribution is 5.22. The van der Waals surface area contributed by atoms with Crippen LogP contribution in [0.4, 0.5) is 0 Å². The average molecular weight is 277 g/mol. The Morgan fingerprint density at radius 1 is 1.05 bits per heavy atom. The summed E-state index contributed by atoms with van der Waals surface area (Å²) in [6.45, 7) is 8.11. The summed E-state index contributed by atoms with van der Waals surface area (Å²) in [5.74, 6) is 0.590. The lowest BCUT2D eigenvalue weighted by Gasteiger charge is -2.08. The van der Waals surface area contributed by atoms with E-state index < -0.39 is 0 Å². The Balaban J connectivity index is 1.55. The smallest absolute Gasteiger partial charge is 0.0718 e. The number of nitrogens with one attached hydrogen (secondary N) is 1. The average Bonchev–Trinajstić information content (AvgIpc) is 3.25. The quantitative estimate of drug-likeness (QED) is 0.667. The van der Waals surface area contributed by atoms with Gasteiger partial charge in [0.1, 0.15) is 0 Å². The molecule has 0 aromatic heterocycles. The Labute approximate surface area is 122 Å². The van der Waals surface area contributed by atoms with Crippen molar-refractivity contribution in [1.82, 2.24) is 5.32 Å². The van der Waals surface area contributed by atoms with E-state index in [0.717, 1.165) is 19.2 Å². The zero-order valence-corrected chi connectivity index (χ0v) is 12.7. The van der Waals surface area contributed by atoms with Gasteiger partial charge >= 0.3 is 0 Å². The van der Waals surface area contributed by atoms with Gasteiger partial charge in [-0.25, -0.2) is 0 Å². The third-order valence-electron chi connectivity index (χ3n) is 3.29. The molecule has 0 spiro atoms. The minimum atomic E-state index is 0.590. The van der Waals surface area contributed by atoms with E-state index in [9.17, 15) is 0 Å². The maximum atomic E-state index is 5.61. The lowest BCUT2D eigenvalue weighted by Crippen LogP contribution is -2.15. The van der Waals surface area contributed by atoms with Crippen molar-refractivity contribution in [2.45, 2.75) is 45.9 Å². The summed E-state index contributed by atoms with van der Waals surface area (Å²) in [5.41, 5.74) is 2.57. The van der Waals surface area contributed by atoms with Crippen LogP contribution in [0, 0.1) is 5.92 Å². The summed E-state index contributed by atoms with van der Waals surface area (Å²) in [6, 6.07) is 9.44. The van der Waals surface area contributed by atoms with E-state index >= 15 is 0 Å². The molecule has 0 saturated heterocycles. The SMILES string of the molecule is CC(C)COCCOCc1ccc(CNC2CC2)cc1. The van der Waals surface area contributed by atoms with E-state index in [4.69, 9.17) is 9.47 Å². The normalized spacial score (nSPS) is 14.9. The van der Waals surface area contributed by atoms with Crippen molar-refractivity contribution < 1.29 is 9.47 Å². The van der Waals surface area contributed by atoms with Gasteiger partial charge in [0.05, 0.1) is 19.8 Å². The fraction of sp³-hybridized carbons (Fsp3) is 0.647. The maximum Gasteiger partial charge on any atom is 0.0718 e. The molecule has 0 unspecified atom stereocenters. The van der Waals surface area contributed by atoms with E-state index in [-0.39, 0.29) is 0 Å². The van der Waals surface area contributed by atoms with Crippen molar-refractivity contribution in [2.24, 2.45) is 5.92 Å². The lowest BCUT2D eigenvalue weighted by molar-refractivity contribution is 0.0314. The molecule has 3 nitrogen and oxygen atoms in total. The van der Waals surface area contributed by atoms with Crippen LogP contribution in [-0.4, -0.2) is 25.9 Å². The molecule has 0 bridgehead atoms. The molecule has 3 heteroatoms. The van der Waals surface area contributed by atoms with E-state index in [1.165, 1.54) is 24.0 Å². The Kier molecular flexibility index (Phi) is 6.51. The number of hydrogen-bond acceptors (Lipinski definition) is 3. The summed E-state index contributed by atoms with van der Waals surface area (Å²) in [5, 5.41) is 3.52. The molecule has 1 N–H and O–H groups in total. The monoisotopic (exact) mass is 277 g/mol. The van der Waals surface area contributed by atoms with Crippen LogP contribution in [-0.2, 0) is 22.6 Å². The highest BCUT2D eigenvalue weighted by Crippen LogP contribution is 2.19. The first kappa shape index (κ1) is 15.5. The van der Waals surface area contributed by atoms with Crippen molar-refractivity contribution in [3.63, 3.8) is 0 Å². The van der Waals surface area contributed by atoms with Crippen LogP contribution in [0.2, 0.25) is 0 Å². The highest BCUT2D eigenvalue weighted by atomic mass is 16.5. The van der Waals surface area contributed by atoms with Crippen LogP contribution in [0.15, 0.2) is 24.3 Å². The van der Waals surface area contributed by atoms with Gasteiger partial charge in [0, 0.05) is 19.2 Å². The molecule has 0 heterocycles. The number of hydrogen-bond donors (Lipinski definition) is 1. The molecule has 1 aromatic carbocycles. The zero-order valence-electron chi connectivity index (χ0n) is 12.7. The molecule has 2 rings (SSSR count). The van der Waals surface area contributed by atoms with Crippen LogP contribution >= 0.6 is 0 Å². The minimum absolute atomic E-state index is 0.590. The van der Waals surface area contributed by atoms with Crippen LogP contribution < -0.4 is 5.32 Å². The summed E-state index contributed by atoms with van der Waals surface area (Å²) in [6.07, 6.45) is 2.68. The van der Waals surface area contributed by atoms with Gasteiger partial charge in [-0.2, -0.15) is 0 Å². The Bertz CT molecular complexity index is 371. The Hall–Kier alpha value is -0.900. The summed E-state index contributed by atoms with van der Waals surface area (Å²) < 4.78 is 11.1. The standard InChI is InChI=1S/C17H27NO2/c1-14(2)12-19-9-10-20-13-16-5-3-15(4-6-16)11-18-17-7-8-17/h3-6,14,17-18H,7-13H2,1-2H3. The molecule has 0 radical (unpaired) electrons. The highest BCUT2D eigenvalue weighted by Gasteiger charge is 2.19. The molecule has 0 amide bonds. The Morgan fingerprint density at radius 2 is 1.70 bits per heavy atom. The largest absolute Gasteiger partial charge is 0.379 e. The molecule has 1 aromatic rings. The van der Waals surface area contributed by atoms with Crippen molar-refractivity contribution in [1.29, 1.82) is 0 Å². The van der Waals surface area contributed by atoms with E-state index in [1.807, 2.05) is 0 Å². The first-order valence-electron chi connectivity index (χ1n) is 7.70. The van der Waals surface area contributed by atoms with Crippen LogP contribution in [0.1, 0.15) is 37.8 Å². The Morgan fingerprint density at radius 3 is 2.35 bits per heavy atom. The van der Waals surface area contributed by atoms with Crippen molar-refractivity contribution in [2.75, 3.05) is 19.8 Å². The van der Waals surface area contributed by atoms with Gasteiger partial charge in [0.25, 0.3) is 0 Å². The number of rotatable bonds is 10. The zero-order chi connectivity index (χ0) is 14.2. The van der Waals surface area contributed by atoms with Gasteiger partial charge in [0.15, 0.2) is 0 Å². The third-order valence-corrected chi connectivity index (χ3v) is 3.29. The van der Waals surface area contributed by atoms with Gasteiger partial charge in [-0.05, 0) is 29.9 Å². The third kappa shape index (κ3) is 6.51.